The number of furan rings is 1. The standard InChI is InChI=1S/C21H20FNO4/c1-14(15-6-5-7-16(22)12-15)23-21(24)20-11-10-17(27-20)13-26-19-9-4-3-8-18(19)25-2/h3-12,14H,13H2,1-2H3,(H,23,24)/t14-/m1/s1. The predicted molar refractivity (Wildman–Crippen MR) is 98.3 cm³/mol. The van der Waals surface area contributed by atoms with Crippen LogP contribution < -0.4 is 14.8 Å². The quantitative estimate of drug-likeness (QED) is 0.666. The van der Waals surface area contributed by atoms with Crippen molar-refractivity contribution in [1.29, 1.82) is 0 Å². The Kier molecular flexibility index (Phi) is 5.76. The SMILES string of the molecule is COc1ccccc1OCc1ccc(C(=O)N[C@H](C)c2cccc(F)c2)o1. The molecule has 0 saturated heterocycles. The number of hydrogen-bond acceptors (Lipinski definition) is 4. The molecule has 1 N–H and O–H groups in total. The molecule has 0 aliphatic heterocycles. The number of halogens is 1. The van der Waals surface area contributed by atoms with Crippen LogP contribution in [0.3, 0.4) is 0 Å². The summed E-state index contributed by atoms with van der Waals surface area (Å²) in [5.74, 6) is 1.15. The average molecular weight is 369 g/mol. The molecule has 1 amide bonds. The average Bonchev–Trinajstić information content (AvgIpc) is 3.15. The van der Waals surface area contributed by atoms with E-state index in [1.54, 1.807) is 50.4 Å². The molecule has 1 heterocycles. The first-order valence-electron chi connectivity index (χ1n) is 8.47. The summed E-state index contributed by atoms with van der Waals surface area (Å²) >= 11 is 0. The van der Waals surface area contributed by atoms with Gasteiger partial charge in [0, 0.05) is 0 Å². The van der Waals surface area contributed by atoms with Gasteiger partial charge < -0.3 is 19.2 Å². The number of amides is 1. The zero-order valence-corrected chi connectivity index (χ0v) is 15.1. The van der Waals surface area contributed by atoms with E-state index in [4.69, 9.17) is 13.9 Å². The molecule has 0 fully saturated rings. The van der Waals surface area contributed by atoms with Gasteiger partial charge in [0.15, 0.2) is 17.3 Å². The summed E-state index contributed by atoms with van der Waals surface area (Å²) in [6.07, 6.45) is 0. The van der Waals surface area contributed by atoms with Gasteiger partial charge in [0.25, 0.3) is 5.91 Å². The fourth-order valence-electron chi connectivity index (χ4n) is 2.59. The van der Waals surface area contributed by atoms with Gasteiger partial charge in [0.1, 0.15) is 18.2 Å². The summed E-state index contributed by atoms with van der Waals surface area (Å²) in [4.78, 5) is 12.3. The Balaban J connectivity index is 1.60. The van der Waals surface area contributed by atoms with Gasteiger partial charge in [-0.15, -0.1) is 0 Å². The van der Waals surface area contributed by atoms with E-state index in [1.165, 1.54) is 12.1 Å². The van der Waals surface area contributed by atoms with Crippen molar-refractivity contribution in [1.82, 2.24) is 5.32 Å². The molecule has 0 bridgehead atoms. The predicted octanol–water partition coefficient (Wildman–Crippen LogP) is 4.50. The highest BCUT2D eigenvalue weighted by Gasteiger charge is 2.16. The number of para-hydroxylation sites is 2. The van der Waals surface area contributed by atoms with Crippen LogP contribution in [0, 0.1) is 5.82 Å². The monoisotopic (exact) mass is 369 g/mol. The van der Waals surface area contributed by atoms with Gasteiger partial charge in [-0.25, -0.2) is 4.39 Å². The van der Waals surface area contributed by atoms with Crippen molar-refractivity contribution >= 4 is 5.91 Å². The molecule has 5 nitrogen and oxygen atoms in total. The maximum Gasteiger partial charge on any atom is 0.287 e. The molecule has 0 saturated carbocycles. The van der Waals surface area contributed by atoms with Crippen molar-refractivity contribution in [3.63, 3.8) is 0 Å². The highest BCUT2D eigenvalue weighted by molar-refractivity contribution is 5.91. The molecule has 3 aromatic rings. The van der Waals surface area contributed by atoms with E-state index in [2.05, 4.69) is 5.32 Å². The third-order valence-corrected chi connectivity index (χ3v) is 4.02. The topological polar surface area (TPSA) is 60.7 Å². The van der Waals surface area contributed by atoms with Crippen LogP contribution in [0.2, 0.25) is 0 Å². The summed E-state index contributed by atoms with van der Waals surface area (Å²) in [5, 5.41) is 2.78. The maximum atomic E-state index is 13.3. The minimum Gasteiger partial charge on any atom is -0.493 e. The van der Waals surface area contributed by atoms with Crippen molar-refractivity contribution in [3.05, 3.63) is 83.6 Å². The Morgan fingerprint density at radius 3 is 2.63 bits per heavy atom. The Hall–Kier alpha value is -3.28. The number of rotatable bonds is 7. The van der Waals surface area contributed by atoms with Crippen LogP contribution >= 0.6 is 0 Å². The van der Waals surface area contributed by atoms with Gasteiger partial charge in [-0.05, 0) is 48.9 Å². The second-order valence-corrected chi connectivity index (χ2v) is 5.96. The number of carbonyl (C=O) groups excluding carboxylic acids is 1. The summed E-state index contributed by atoms with van der Waals surface area (Å²) < 4.78 is 29.8. The van der Waals surface area contributed by atoms with E-state index in [0.717, 1.165) is 0 Å². The van der Waals surface area contributed by atoms with E-state index in [1.807, 2.05) is 12.1 Å². The molecular weight excluding hydrogens is 349 g/mol. The second kappa shape index (κ2) is 8.40. The normalized spacial score (nSPS) is 11.7. The molecule has 0 unspecified atom stereocenters. The van der Waals surface area contributed by atoms with E-state index in [0.29, 0.717) is 22.8 Å². The van der Waals surface area contributed by atoms with Gasteiger partial charge in [-0.3, -0.25) is 4.79 Å². The van der Waals surface area contributed by atoms with E-state index < -0.39 is 0 Å². The highest BCUT2D eigenvalue weighted by Crippen LogP contribution is 2.27. The lowest BCUT2D eigenvalue weighted by Crippen LogP contribution is -2.26. The van der Waals surface area contributed by atoms with Crippen molar-refractivity contribution in [2.24, 2.45) is 0 Å². The number of carbonyl (C=O) groups is 1. The van der Waals surface area contributed by atoms with Crippen molar-refractivity contribution < 1.29 is 23.1 Å². The molecule has 0 aliphatic rings. The number of benzene rings is 2. The van der Waals surface area contributed by atoms with Crippen molar-refractivity contribution in [2.75, 3.05) is 7.11 Å². The fraction of sp³-hybridized carbons (Fsp3) is 0.190. The van der Waals surface area contributed by atoms with Crippen molar-refractivity contribution in [3.8, 4) is 11.5 Å². The van der Waals surface area contributed by atoms with Gasteiger partial charge in [-0.2, -0.15) is 0 Å². The zero-order chi connectivity index (χ0) is 19.2. The smallest absolute Gasteiger partial charge is 0.287 e. The minimum atomic E-state index is -0.379. The summed E-state index contributed by atoms with van der Waals surface area (Å²) in [7, 11) is 1.57. The largest absolute Gasteiger partial charge is 0.493 e. The Morgan fingerprint density at radius 2 is 1.89 bits per heavy atom. The lowest BCUT2D eigenvalue weighted by atomic mass is 10.1. The Bertz CT molecular complexity index is 922. The highest BCUT2D eigenvalue weighted by atomic mass is 19.1. The first-order chi connectivity index (χ1) is 13.1. The molecule has 1 aromatic heterocycles. The molecule has 0 aliphatic carbocycles. The first kappa shape index (κ1) is 18.5. The van der Waals surface area contributed by atoms with Crippen LogP contribution in [0.25, 0.3) is 0 Å². The molecule has 27 heavy (non-hydrogen) atoms. The maximum absolute atomic E-state index is 13.3. The van der Waals surface area contributed by atoms with Crippen LogP contribution in [0.1, 0.15) is 34.8 Å². The lowest BCUT2D eigenvalue weighted by Gasteiger charge is -2.13. The summed E-state index contributed by atoms with van der Waals surface area (Å²) in [6.45, 7) is 1.94. The van der Waals surface area contributed by atoms with Crippen molar-refractivity contribution in [2.45, 2.75) is 19.6 Å². The number of nitrogens with one attached hydrogen (secondary N) is 1. The van der Waals surface area contributed by atoms with Crippen LogP contribution in [0.15, 0.2) is 65.1 Å². The molecule has 2 aromatic carbocycles. The van der Waals surface area contributed by atoms with Crippen LogP contribution in [0.5, 0.6) is 11.5 Å². The molecule has 0 spiro atoms. The lowest BCUT2D eigenvalue weighted by molar-refractivity contribution is 0.0907. The van der Waals surface area contributed by atoms with Crippen LogP contribution in [-0.2, 0) is 6.61 Å². The number of ether oxygens (including phenoxy) is 2. The Labute approximate surface area is 156 Å². The van der Waals surface area contributed by atoms with Crippen LogP contribution in [-0.4, -0.2) is 13.0 Å². The molecule has 3 rings (SSSR count). The Morgan fingerprint density at radius 1 is 1.11 bits per heavy atom. The van der Waals surface area contributed by atoms with Gasteiger partial charge in [0.05, 0.1) is 13.2 Å². The molecule has 0 radical (unpaired) electrons. The molecular formula is C21H20FNO4. The van der Waals surface area contributed by atoms with Crippen LogP contribution in [0.4, 0.5) is 4.39 Å². The number of hydrogen-bond donors (Lipinski definition) is 1. The second-order valence-electron chi connectivity index (χ2n) is 5.96. The zero-order valence-electron chi connectivity index (χ0n) is 15.1. The van der Waals surface area contributed by atoms with Gasteiger partial charge >= 0.3 is 0 Å². The summed E-state index contributed by atoms with van der Waals surface area (Å²) in [6, 6.07) is 16.3. The third-order valence-electron chi connectivity index (χ3n) is 4.02. The molecule has 6 heteroatoms. The first-order valence-corrected chi connectivity index (χ1v) is 8.47. The third kappa shape index (κ3) is 4.67. The molecule has 1 atom stereocenters. The van der Waals surface area contributed by atoms with E-state index >= 15 is 0 Å². The van der Waals surface area contributed by atoms with E-state index in [9.17, 15) is 9.18 Å². The van der Waals surface area contributed by atoms with Gasteiger partial charge in [0.2, 0.25) is 0 Å². The molecule has 140 valence electrons. The number of methoxy groups -OCH3 is 1. The fourth-order valence-corrected chi connectivity index (χ4v) is 2.59. The van der Waals surface area contributed by atoms with Gasteiger partial charge in [-0.1, -0.05) is 24.3 Å². The van der Waals surface area contributed by atoms with E-state index in [-0.39, 0.29) is 30.1 Å². The minimum absolute atomic E-state index is 0.160. The summed E-state index contributed by atoms with van der Waals surface area (Å²) in [5.41, 5.74) is 0.676.